The van der Waals surface area contributed by atoms with Crippen LogP contribution in [0.4, 0.5) is 0 Å². The number of fused-ring (bicyclic) bond motifs is 1. The van der Waals surface area contributed by atoms with Gasteiger partial charge < -0.3 is 9.84 Å². The van der Waals surface area contributed by atoms with E-state index in [1.165, 1.54) is 0 Å². The van der Waals surface area contributed by atoms with Gasteiger partial charge in [-0.3, -0.25) is 4.68 Å². The van der Waals surface area contributed by atoms with E-state index in [1.54, 1.807) is 10.7 Å². The Morgan fingerprint density at radius 1 is 1.42 bits per heavy atom. The molecule has 6 heteroatoms. The first-order valence-corrected chi connectivity index (χ1v) is 5.98. The molecule has 0 aromatic carbocycles. The highest BCUT2D eigenvalue weighted by molar-refractivity contribution is 5.80. The lowest BCUT2D eigenvalue weighted by atomic mass is 9.90. The van der Waals surface area contributed by atoms with Crippen LogP contribution in [-0.4, -0.2) is 32.4 Å². The second-order valence-corrected chi connectivity index (χ2v) is 5.43. The molecule has 2 heterocycles. The number of pyridine rings is 1. The van der Waals surface area contributed by atoms with Crippen LogP contribution >= 0.6 is 0 Å². The number of carboxylic acids is 1. The fourth-order valence-corrected chi connectivity index (χ4v) is 1.88. The normalized spacial score (nSPS) is 11.8. The predicted octanol–water partition coefficient (Wildman–Crippen LogP) is 1.73. The number of rotatable bonds is 3. The minimum atomic E-state index is -1.03. The molecule has 0 aliphatic rings. The van der Waals surface area contributed by atoms with Gasteiger partial charge >= 0.3 is 5.97 Å². The molecule has 0 unspecified atom stereocenters. The van der Waals surface area contributed by atoms with Gasteiger partial charge in [-0.05, 0) is 6.07 Å². The first kappa shape index (κ1) is 13.3. The summed E-state index contributed by atoms with van der Waals surface area (Å²) in [5.74, 6) is -0.736. The summed E-state index contributed by atoms with van der Waals surface area (Å²) in [6.07, 6.45) is 0. The third-order valence-corrected chi connectivity index (χ3v) is 2.72. The number of nitrogens with zero attached hydrogens (tertiary/aromatic N) is 3. The maximum atomic E-state index is 10.5. The highest BCUT2D eigenvalue weighted by Gasteiger charge is 2.22. The fourth-order valence-electron chi connectivity index (χ4n) is 1.88. The van der Waals surface area contributed by atoms with Crippen molar-refractivity contribution in [1.82, 2.24) is 14.8 Å². The molecule has 6 nitrogen and oxygen atoms in total. The lowest BCUT2D eigenvalue weighted by Gasteiger charge is -2.15. The summed E-state index contributed by atoms with van der Waals surface area (Å²) in [5, 5.41) is 14.0. The number of aromatic nitrogens is 3. The van der Waals surface area contributed by atoms with E-state index in [0.717, 1.165) is 11.1 Å². The number of hydrogen-bond acceptors (Lipinski definition) is 4. The Hall–Kier alpha value is -2.11. The van der Waals surface area contributed by atoms with Crippen molar-refractivity contribution in [1.29, 1.82) is 0 Å². The van der Waals surface area contributed by atoms with E-state index in [0.29, 0.717) is 11.5 Å². The first-order valence-electron chi connectivity index (χ1n) is 5.98. The molecule has 0 radical (unpaired) electrons. The quantitative estimate of drug-likeness (QED) is 0.912. The number of carbonyl (C=O) groups is 1. The van der Waals surface area contributed by atoms with Crippen LogP contribution in [0.1, 0.15) is 26.5 Å². The van der Waals surface area contributed by atoms with Crippen molar-refractivity contribution in [2.24, 2.45) is 7.05 Å². The summed E-state index contributed by atoms with van der Waals surface area (Å²) >= 11 is 0. The van der Waals surface area contributed by atoms with Gasteiger partial charge in [-0.2, -0.15) is 10.1 Å². The molecule has 2 rings (SSSR count). The number of aryl methyl sites for hydroxylation is 1. The summed E-state index contributed by atoms with van der Waals surface area (Å²) in [4.78, 5) is 14.8. The minimum Gasteiger partial charge on any atom is -0.479 e. The van der Waals surface area contributed by atoms with Crippen LogP contribution in [0.25, 0.3) is 11.0 Å². The Bertz CT molecular complexity index is 626. The van der Waals surface area contributed by atoms with Gasteiger partial charge in [0.15, 0.2) is 12.3 Å². The van der Waals surface area contributed by atoms with Gasteiger partial charge in [0, 0.05) is 23.9 Å². The number of carboxylic acid groups (broad SMARTS) is 1. The summed E-state index contributed by atoms with van der Waals surface area (Å²) < 4.78 is 6.76. The maximum Gasteiger partial charge on any atom is 0.341 e. The van der Waals surface area contributed by atoms with Crippen molar-refractivity contribution < 1.29 is 14.6 Å². The molecule has 2 aromatic heterocycles. The van der Waals surface area contributed by atoms with Gasteiger partial charge in [0.2, 0.25) is 5.88 Å². The molecular weight excluding hydrogens is 246 g/mol. The molecular formula is C13H17N3O3. The Morgan fingerprint density at radius 3 is 2.68 bits per heavy atom. The SMILES string of the molecule is Cn1nc(C(C)(C)C)c2ccc(OCC(=O)O)nc21. The van der Waals surface area contributed by atoms with E-state index in [2.05, 4.69) is 30.9 Å². The molecule has 1 N–H and O–H groups in total. The van der Waals surface area contributed by atoms with Crippen molar-refractivity contribution in [3.63, 3.8) is 0 Å². The molecule has 0 amide bonds. The van der Waals surface area contributed by atoms with E-state index in [1.807, 2.05) is 13.1 Å². The Morgan fingerprint density at radius 2 is 2.11 bits per heavy atom. The van der Waals surface area contributed by atoms with Gasteiger partial charge in [-0.25, -0.2) is 4.79 Å². The van der Waals surface area contributed by atoms with Crippen LogP contribution in [-0.2, 0) is 17.3 Å². The molecule has 0 aliphatic carbocycles. The Labute approximate surface area is 111 Å². The van der Waals surface area contributed by atoms with Crippen LogP contribution in [0.15, 0.2) is 12.1 Å². The predicted molar refractivity (Wildman–Crippen MR) is 70.3 cm³/mol. The number of hydrogen-bond donors (Lipinski definition) is 1. The highest BCUT2D eigenvalue weighted by atomic mass is 16.5. The molecule has 2 aromatic rings. The zero-order chi connectivity index (χ0) is 14.2. The topological polar surface area (TPSA) is 77.2 Å². The van der Waals surface area contributed by atoms with Crippen LogP contribution < -0.4 is 4.74 Å². The second kappa shape index (κ2) is 4.53. The van der Waals surface area contributed by atoms with Gasteiger partial charge in [0.05, 0.1) is 5.69 Å². The van der Waals surface area contributed by atoms with Crippen molar-refractivity contribution in [2.45, 2.75) is 26.2 Å². The highest BCUT2D eigenvalue weighted by Crippen LogP contribution is 2.29. The zero-order valence-corrected chi connectivity index (χ0v) is 11.5. The molecule has 0 fully saturated rings. The summed E-state index contributed by atoms with van der Waals surface area (Å²) in [5.41, 5.74) is 1.57. The van der Waals surface area contributed by atoms with Crippen molar-refractivity contribution in [2.75, 3.05) is 6.61 Å². The molecule has 0 aliphatic heterocycles. The van der Waals surface area contributed by atoms with Gasteiger partial charge in [0.25, 0.3) is 0 Å². The van der Waals surface area contributed by atoms with Crippen LogP contribution in [0, 0.1) is 0 Å². The number of aliphatic carboxylic acids is 1. The second-order valence-electron chi connectivity index (χ2n) is 5.43. The molecule has 0 saturated heterocycles. The molecule has 0 atom stereocenters. The average Bonchev–Trinajstić information content (AvgIpc) is 2.64. The standard InChI is InChI=1S/C13H17N3O3/c1-13(2,3)11-8-5-6-9(19-7-10(17)18)14-12(8)16(4)15-11/h5-6H,7H2,1-4H3,(H,17,18). The average molecular weight is 263 g/mol. The molecule has 102 valence electrons. The zero-order valence-electron chi connectivity index (χ0n) is 11.5. The number of ether oxygens (including phenoxy) is 1. The van der Waals surface area contributed by atoms with Crippen molar-refractivity contribution in [3.8, 4) is 5.88 Å². The van der Waals surface area contributed by atoms with Crippen LogP contribution in [0.2, 0.25) is 0 Å². The third kappa shape index (κ3) is 2.67. The molecule has 0 bridgehead atoms. The maximum absolute atomic E-state index is 10.5. The van der Waals surface area contributed by atoms with Gasteiger partial charge in [-0.15, -0.1) is 0 Å². The van der Waals surface area contributed by atoms with Gasteiger partial charge in [-0.1, -0.05) is 20.8 Å². The summed E-state index contributed by atoms with van der Waals surface area (Å²) in [6, 6.07) is 3.54. The summed E-state index contributed by atoms with van der Waals surface area (Å²) in [6.45, 7) is 5.86. The fraction of sp³-hybridized carbons (Fsp3) is 0.462. The third-order valence-electron chi connectivity index (χ3n) is 2.72. The Balaban J connectivity index is 2.44. The van der Waals surface area contributed by atoms with E-state index >= 15 is 0 Å². The first-order chi connectivity index (χ1) is 8.79. The monoisotopic (exact) mass is 263 g/mol. The Kier molecular flexibility index (Phi) is 3.18. The summed E-state index contributed by atoms with van der Waals surface area (Å²) in [7, 11) is 1.81. The molecule has 19 heavy (non-hydrogen) atoms. The van der Waals surface area contributed by atoms with Crippen molar-refractivity contribution >= 4 is 17.0 Å². The lowest BCUT2D eigenvalue weighted by Crippen LogP contribution is -2.12. The smallest absolute Gasteiger partial charge is 0.341 e. The van der Waals surface area contributed by atoms with Crippen LogP contribution in [0.5, 0.6) is 5.88 Å². The van der Waals surface area contributed by atoms with Crippen LogP contribution in [0.3, 0.4) is 0 Å². The van der Waals surface area contributed by atoms with Gasteiger partial charge in [0.1, 0.15) is 0 Å². The molecule has 0 spiro atoms. The minimum absolute atomic E-state index is 0.0787. The molecule has 0 saturated carbocycles. The van der Waals surface area contributed by atoms with E-state index in [4.69, 9.17) is 9.84 Å². The van der Waals surface area contributed by atoms with Crippen molar-refractivity contribution in [3.05, 3.63) is 17.8 Å². The van der Waals surface area contributed by atoms with E-state index in [-0.39, 0.29) is 5.41 Å². The van der Waals surface area contributed by atoms with E-state index < -0.39 is 12.6 Å². The van der Waals surface area contributed by atoms with E-state index in [9.17, 15) is 4.79 Å². The largest absolute Gasteiger partial charge is 0.479 e. The lowest BCUT2D eigenvalue weighted by molar-refractivity contribution is -0.139.